The van der Waals surface area contributed by atoms with Crippen LogP contribution in [-0.2, 0) is 22.3 Å². The van der Waals surface area contributed by atoms with Crippen molar-refractivity contribution in [2.24, 2.45) is 10.7 Å². The molecule has 2 unspecified atom stereocenters. The summed E-state index contributed by atoms with van der Waals surface area (Å²) < 4.78 is 39.6. The topological polar surface area (TPSA) is 142 Å². The molecule has 1 heterocycles. The average Bonchev–Trinajstić information content (AvgIpc) is 3.24. The molecule has 1 aromatic heterocycles. The van der Waals surface area contributed by atoms with E-state index in [4.69, 9.17) is 5.73 Å². The van der Waals surface area contributed by atoms with E-state index in [0.717, 1.165) is 12.3 Å². The first-order valence-electron chi connectivity index (χ1n) is 11.3. The SMILES string of the molecule is C=CN=C/C(=C\N)C(=O)NC1(C(=O)NCc2ccc(Nc3ccccc3C(F)(F)F)cn2)CCC(O)C1. The minimum Gasteiger partial charge on any atom is -0.404 e. The molecular weight excluding hydrogens is 489 g/mol. The number of carbonyl (C=O) groups excluding carboxylic acids is 2. The lowest BCUT2D eigenvalue weighted by Crippen LogP contribution is -2.57. The lowest BCUT2D eigenvalue weighted by molar-refractivity contribution is -0.137. The van der Waals surface area contributed by atoms with Crippen LogP contribution < -0.4 is 21.7 Å². The van der Waals surface area contributed by atoms with Crippen LogP contribution in [0.5, 0.6) is 0 Å². The zero-order chi connectivity index (χ0) is 27.1. The summed E-state index contributed by atoms with van der Waals surface area (Å²) in [6, 6.07) is 8.17. The number of pyridine rings is 1. The summed E-state index contributed by atoms with van der Waals surface area (Å²) in [5.41, 5.74) is 3.99. The summed E-state index contributed by atoms with van der Waals surface area (Å²) in [5.74, 6) is -1.15. The van der Waals surface area contributed by atoms with Gasteiger partial charge in [-0.2, -0.15) is 13.2 Å². The summed E-state index contributed by atoms with van der Waals surface area (Å²) >= 11 is 0. The van der Waals surface area contributed by atoms with Crippen molar-refractivity contribution in [1.29, 1.82) is 0 Å². The van der Waals surface area contributed by atoms with Crippen molar-refractivity contribution in [2.75, 3.05) is 5.32 Å². The molecule has 37 heavy (non-hydrogen) atoms. The van der Waals surface area contributed by atoms with E-state index in [9.17, 15) is 27.9 Å². The molecule has 1 aliphatic carbocycles. The van der Waals surface area contributed by atoms with E-state index in [0.29, 0.717) is 17.8 Å². The molecule has 1 aliphatic rings. The number of aromatic nitrogens is 1. The Bertz CT molecular complexity index is 1200. The van der Waals surface area contributed by atoms with E-state index in [-0.39, 0.29) is 30.6 Å². The Hall–Kier alpha value is -4.19. The van der Waals surface area contributed by atoms with E-state index in [1.807, 2.05) is 0 Å². The van der Waals surface area contributed by atoms with Gasteiger partial charge in [0.2, 0.25) is 5.91 Å². The quantitative estimate of drug-likeness (QED) is 0.256. The third-order valence-corrected chi connectivity index (χ3v) is 5.80. The van der Waals surface area contributed by atoms with Gasteiger partial charge in [-0.25, -0.2) is 0 Å². The van der Waals surface area contributed by atoms with Crippen LogP contribution in [0.4, 0.5) is 24.5 Å². The summed E-state index contributed by atoms with van der Waals surface area (Å²) in [4.78, 5) is 33.7. The van der Waals surface area contributed by atoms with Crippen molar-refractivity contribution in [1.82, 2.24) is 15.6 Å². The van der Waals surface area contributed by atoms with Crippen molar-refractivity contribution in [3.63, 3.8) is 0 Å². The molecule has 12 heteroatoms. The van der Waals surface area contributed by atoms with Gasteiger partial charge in [-0.15, -0.1) is 0 Å². The lowest BCUT2D eigenvalue weighted by atomic mass is 9.95. The number of benzene rings is 1. The molecule has 1 aromatic carbocycles. The molecule has 1 saturated carbocycles. The number of alkyl halides is 3. The minimum atomic E-state index is -4.51. The number of hydrogen-bond donors (Lipinski definition) is 5. The number of halogens is 3. The molecule has 9 nitrogen and oxygen atoms in total. The van der Waals surface area contributed by atoms with E-state index >= 15 is 0 Å². The van der Waals surface area contributed by atoms with Gasteiger partial charge in [0.1, 0.15) is 5.54 Å². The number of anilines is 2. The molecule has 3 rings (SSSR count). The summed E-state index contributed by atoms with van der Waals surface area (Å²) in [5, 5.41) is 18.1. The second kappa shape index (κ2) is 11.7. The zero-order valence-electron chi connectivity index (χ0n) is 19.8. The molecule has 0 spiro atoms. The summed E-state index contributed by atoms with van der Waals surface area (Å²) in [6.07, 6.45) is 0.0596. The third-order valence-electron chi connectivity index (χ3n) is 5.80. The van der Waals surface area contributed by atoms with Gasteiger partial charge in [0.05, 0.1) is 47.1 Å². The van der Waals surface area contributed by atoms with Crippen molar-refractivity contribution < 1.29 is 27.9 Å². The van der Waals surface area contributed by atoms with Crippen molar-refractivity contribution in [3.05, 3.63) is 78.4 Å². The molecule has 196 valence electrons. The maximum atomic E-state index is 13.2. The number of nitrogens with one attached hydrogen (secondary N) is 3. The van der Waals surface area contributed by atoms with Crippen molar-refractivity contribution in [3.8, 4) is 0 Å². The van der Waals surface area contributed by atoms with Gasteiger partial charge in [0.15, 0.2) is 0 Å². The van der Waals surface area contributed by atoms with Gasteiger partial charge < -0.3 is 26.8 Å². The number of rotatable bonds is 9. The van der Waals surface area contributed by atoms with Crippen LogP contribution in [0.3, 0.4) is 0 Å². The maximum absolute atomic E-state index is 13.2. The number of nitrogens with two attached hydrogens (primary N) is 1. The summed E-state index contributed by atoms with van der Waals surface area (Å²) in [6.45, 7) is 3.41. The number of aliphatic hydroxyl groups is 1. The highest BCUT2D eigenvalue weighted by molar-refractivity contribution is 6.13. The van der Waals surface area contributed by atoms with E-state index in [1.54, 1.807) is 6.07 Å². The molecule has 0 aliphatic heterocycles. The smallest absolute Gasteiger partial charge is 0.404 e. The molecule has 1 fully saturated rings. The Kier molecular flexibility index (Phi) is 8.66. The van der Waals surface area contributed by atoms with Crippen LogP contribution in [0, 0.1) is 0 Å². The van der Waals surface area contributed by atoms with Gasteiger partial charge in [0, 0.05) is 25.0 Å². The predicted octanol–water partition coefficient (Wildman–Crippen LogP) is 2.92. The van der Waals surface area contributed by atoms with Gasteiger partial charge in [-0.1, -0.05) is 18.7 Å². The molecule has 2 atom stereocenters. The summed E-state index contributed by atoms with van der Waals surface area (Å²) in [7, 11) is 0. The number of aliphatic hydroxyl groups excluding tert-OH is 1. The van der Waals surface area contributed by atoms with E-state index in [2.05, 4.69) is 32.5 Å². The van der Waals surface area contributed by atoms with Crippen LogP contribution in [0.1, 0.15) is 30.5 Å². The van der Waals surface area contributed by atoms with Crippen LogP contribution in [0.25, 0.3) is 0 Å². The molecule has 0 saturated heterocycles. The van der Waals surface area contributed by atoms with Gasteiger partial charge in [-0.3, -0.25) is 19.6 Å². The second-order valence-corrected chi connectivity index (χ2v) is 8.40. The second-order valence-electron chi connectivity index (χ2n) is 8.40. The molecular formula is C25H27F3N6O3. The van der Waals surface area contributed by atoms with Crippen molar-refractivity contribution in [2.45, 2.75) is 43.6 Å². The number of para-hydroxylation sites is 1. The highest BCUT2D eigenvalue weighted by Gasteiger charge is 2.46. The van der Waals surface area contributed by atoms with Gasteiger partial charge in [-0.05, 0) is 37.1 Å². The third kappa shape index (κ3) is 6.94. The van der Waals surface area contributed by atoms with Crippen molar-refractivity contribution >= 4 is 29.4 Å². The Morgan fingerprint density at radius 2 is 2.03 bits per heavy atom. The minimum absolute atomic E-state index is 0.00985. The lowest BCUT2D eigenvalue weighted by Gasteiger charge is -2.29. The fourth-order valence-electron chi connectivity index (χ4n) is 3.93. The number of amides is 2. The monoisotopic (exact) mass is 516 g/mol. The normalized spacial score (nSPS) is 20.0. The number of aliphatic imine (C=N–C) groups is 1. The first-order valence-corrected chi connectivity index (χ1v) is 11.3. The Morgan fingerprint density at radius 1 is 1.27 bits per heavy atom. The molecule has 2 aromatic rings. The number of nitrogens with zero attached hydrogens (tertiary/aromatic N) is 2. The Labute approximate surface area is 211 Å². The largest absolute Gasteiger partial charge is 0.418 e. The first-order chi connectivity index (χ1) is 17.6. The predicted molar refractivity (Wildman–Crippen MR) is 133 cm³/mol. The van der Waals surface area contributed by atoms with E-state index < -0.39 is 35.2 Å². The van der Waals surface area contributed by atoms with Gasteiger partial charge >= 0.3 is 6.18 Å². The first kappa shape index (κ1) is 27.4. The van der Waals surface area contributed by atoms with Crippen LogP contribution in [-0.4, -0.2) is 39.8 Å². The fraction of sp³-hybridized carbons (Fsp3) is 0.280. The highest BCUT2D eigenvalue weighted by Crippen LogP contribution is 2.36. The highest BCUT2D eigenvalue weighted by atomic mass is 19.4. The molecule has 2 amide bonds. The molecule has 0 radical (unpaired) electrons. The van der Waals surface area contributed by atoms with Crippen LogP contribution in [0.2, 0.25) is 0 Å². The Morgan fingerprint density at radius 3 is 2.62 bits per heavy atom. The average molecular weight is 517 g/mol. The Balaban J connectivity index is 1.67. The molecule has 0 bridgehead atoms. The maximum Gasteiger partial charge on any atom is 0.418 e. The van der Waals surface area contributed by atoms with E-state index in [1.165, 1.54) is 42.9 Å². The number of carbonyl (C=O) groups is 2. The standard InChI is InChI=1S/C25H27F3N6O3/c1-2-30-13-16(12-29)22(36)34-24(10-9-19(35)11-24)23(37)32-14-17-7-8-18(15-31-17)33-21-6-4-3-5-20(21)25(26,27)28/h2-8,12-13,15,19,33,35H,1,9-11,14,29H2,(H,32,37)(H,34,36)/b16-12+,30-13?. The number of hydrogen-bond acceptors (Lipinski definition) is 7. The molecule has 6 N–H and O–H groups in total. The van der Waals surface area contributed by atoms with Crippen LogP contribution in [0.15, 0.2) is 72.1 Å². The zero-order valence-corrected chi connectivity index (χ0v) is 19.8. The fourth-order valence-corrected chi connectivity index (χ4v) is 3.93. The van der Waals surface area contributed by atoms with Gasteiger partial charge in [0.25, 0.3) is 5.91 Å². The van der Waals surface area contributed by atoms with Crippen LogP contribution >= 0.6 is 0 Å².